The van der Waals surface area contributed by atoms with Gasteiger partial charge in [-0.05, 0) is 35.2 Å². The smallest absolute Gasteiger partial charge is 0.0663 e. The summed E-state index contributed by atoms with van der Waals surface area (Å²) in [7, 11) is 2.02. The number of nitrogens with zero attached hydrogens (tertiary/aromatic N) is 3. The van der Waals surface area contributed by atoms with Crippen LogP contribution in [0.1, 0.15) is 25.0 Å². The highest BCUT2D eigenvalue weighted by Crippen LogP contribution is 2.23. The summed E-state index contributed by atoms with van der Waals surface area (Å²) in [5.74, 6) is 0. The van der Waals surface area contributed by atoms with E-state index in [0.29, 0.717) is 6.04 Å². The SMILES string of the molecule is Cl.Cn1ncc(Br)c1CN1CCC2CCC(C1)N2. The van der Waals surface area contributed by atoms with Gasteiger partial charge in [-0.1, -0.05) is 0 Å². The third-order valence-corrected chi connectivity index (χ3v) is 4.65. The fraction of sp³-hybridized carbons (Fsp3) is 0.750. The number of hydrogen-bond acceptors (Lipinski definition) is 3. The molecule has 2 fully saturated rings. The number of nitrogens with one attached hydrogen (secondary N) is 1. The van der Waals surface area contributed by atoms with Crippen molar-refractivity contribution in [2.75, 3.05) is 13.1 Å². The molecule has 0 aromatic carbocycles. The van der Waals surface area contributed by atoms with Crippen LogP contribution >= 0.6 is 28.3 Å². The van der Waals surface area contributed by atoms with Crippen molar-refractivity contribution < 1.29 is 0 Å². The predicted octanol–water partition coefficient (Wildman–Crippen LogP) is 1.93. The molecule has 0 amide bonds. The lowest BCUT2D eigenvalue weighted by Crippen LogP contribution is -2.35. The standard InChI is InChI=1S/C12H19BrN4.ClH/c1-16-12(11(13)6-14-16)8-17-5-4-9-2-3-10(7-17)15-9;/h6,9-10,15H,2-5,7-8H2,1H3;1H. The van der Waals surface area contributed by atoms with E-state index in [1.165, 1.54) is 38.0 Å². The first-order valence-electron chi connectivity index (χ1n) is 6.37. The van der Waals surface area contributed by atoms with Gasteiger partial charge in [0.2, 0.25) is 0 Å². The zero-order chi connectivity index (χ0) is 11.8. The van der Waals surface area contributed by atoms with Crippen LogP contribution in [0.15, 0.2) is 10.7 Å². The molecule has 1 aromatic heterocycles. The van der Waals surface area contributed by atoms with E-state index >= 15 is 0 Å². The minimum Gasteiger partial charge on any atom is -0.310 e. The lowest BCUT2D eigenvalue weighted by atomic mass is 10.1. The van der Waals surface area contributed by atoms with Crippen LogP contribution < -0.4 is 5.32 Å². The molecule has 102 valence electrons. The van der Waals surface area contributed by atoms with Gasteiger partial charge >= 0.3 is 0 Å². The summed E-state index contributed by atoms with van der Waals surface area (Å²) >= 11 is 3.58. The van der Waals surface area contributed by atoms with E-state index < -0.39 is 0 Å². The van der Waals surface area contributed by atoms with Crippen molar-refractivity contribution in [3.8, 4) is 0 Å². The molecule has 4 nitrogen and oxygen atoms in total. The van der Waals surface area contributed by atoms with Crippen LogP contribution in [0.5, 0.6) is 0 Å². The van der Waals surface area contributed by atoms with Gasteiger partial charge in [0.1, 0.15) is 0 Å². The van der Waals surface area contributed by atoms with Gasteiger partial charge in [-0.25, -0.2) is 0 Å². The third-order valence-electron chi connectivity index (χ3n) is 3.99. The van der Waals surface area contributed by atoms with E-state index in [2.05, 4.69) is 31.2 Å². The van der Waals surface area contributed by atoms with Crippen molar-refractivity contribution in [3.63, 3.8) is 0 Å². The molecule has 6 heteroatoms. The van der Waals surface area contributed by atoms with E-state index in [4.69, 9.17) is 0 Å². The van der Waals surface area contributed by atoms with Crippen LogP contribution in [-0.2, 0) is 13.6 Å². The zero-order valence-corrected chi connectivity index (χ0v) is 13.0. The molecule has 1 N–H and O–H groups in total. The summed E-state index contributed by atoms with van der Waals surface area (Å²) < 4.78 is 3.10. The summed E-state index contributed by atoms with van der Waals surface area (Å²) in [5.41, 5.74) is 1.28. The first-order valence-corrected chi connectivity index (χ1v) is 7.16. The molecule has 1 aromatic rings. The quantitative estimate of drug-likeness (QED) is 0.896. The van der Waals surface area contributed by atoms with Gasteiger partial charge in [0.25, 0.3) is 0 Å². The topological polar surface area (TPSA) is 33.1 Å². The maximum absolute atomic E-state index is 4.28. The van der Waals surface area contributed by atoms with Gasteiger partial charge in [-0.3, -0.25) is 9.58 Å². The molecule has 2 unspecified atom stereocenters. The Morgan fingerprint density at radius 2 is 2.17 bits per heavy atom. The number of aryl methyl sites for hydroxylation is 1. The molecule has 3 rings (SSSR count). The minimum atomic E-state index is 0. The van der Waals surface area contributed by atoms with Crippen molar-refractivity contribution in [2.24, 2.45) is 7.05 Å². The molecule has 2 saturated heterocycles. The van der Waals surface area contributed by atoms with Crippen LogP contribution in [0, 0.1) is 0 Å². The zero-order valence-electron chi connectivity index (χ0n) is 10.6. The second-order valence-electron chi connectivity index (χ2n) is 5.22. The Kier molecular flexibility index (Phi) is 4.69. The second kappa shape index (κ2) is 5.90. The summed E-state index contributed by atoms with van der Waals surface area (Å²) in [4.78, 5) is 2.55. The van der Waals surface area contributed by atoms with E-state index in [1.807, 2.05) is 17.9 Å². The van der Waals surface area contributed by atoms with Crippen molar-refractivity contribution in [2.45, 2.75) is 37.9 Å². The van der Waals surface area contributed by atoms with Crippen LogP contribution in [-0.4, -0.2) is 39.9 Å². The largest absolute Gasteiger partial charge is 0.310 e. The minimum absolute atomic E-state index is 0. The number of halogens is 2. The summed E-state index contributed by atoms with van der Waals surface area (Å²) in [6.45, 7) is 3.38. The highest BCUT2D eigenvalue weighted by atomic mass is 79.9. The van der Waals surface area contributed by atoms with E-state index in [-0.39, 0.29) is 12.4 Å². The first-order chi connectivity index (χ1) is 8.22. The fourth-order valence-corrected chi connectivity index (χ4v) is 3.46. The molecule has 0 radical (unpaired) electrons. The first kappa shape index (κ1) is 14.3. The van der Waals surface area contributed by atoms with Crippen LogP contribution in [0.3, 0.4) is 0 Å². The van der Waals surface area contributed by atoms with Crippen molar-refractivity contribution in [1.29, 1.82) is 0 Å². The average molecular weight is 336 g/mol. The third kappa shape index (κ3) is 2.90. The Morgan fingerprint density at radius 3 is 2.89 bits per heavy atom. The van der Waals surface area contributed by atoms with Gasteiger partial charge in [0, 0.05) is 38.8 Å². The van der Waals surface area contributed by atoms with Gasteiger partial charge in [-0.2, -0.15) is 5.10 Å². The van der Waals surface area contributed by atoms with Crippen molar-refractivity contribution in [1.82, 2.24) is 20.0 Å². The van der Waals surface area contributed by atoms with Crippen LogP contribution in [0.25, 0.3) is 0 Å². The normalized spacial score (nSPS) is 27.9. The molecule has 3 heterocycles. The number of aromatic nitrogens is 2. The Labute approximate surface area is 123 Å². The predicted molar refractivity (Wildman–Crippen MR) is 78.0 cm³/mol. The number of rotatable bonds is 2. The summed E-state index contributed by atoms with van der Waals surface area (Å²) in [6, 6.07) is 1.47. The molecule has 2 aliphatic heterocycles. The molecule has 18 heavy (non-hydrogen) atoms. The van der Waals surface area contributed by atoms with Crippen LogP contribution in [0.4, 0.5) is 0 Å². The molecule has 2 bridgehead atoms. The van der Waals surface area contributed by atoms with Gasteiger partial charge in [-0.15, -0.1) is 12.4 Å². The lowest BCUT2D eigenvalue weighted by molar-refractivity contribution is 0.244. The molecule has 0 spiro atoms. The molecule has 2 aliphatic rings. The number of hydrogen-bond donors (Lipinski definition) is 1. The Balaban J connectivity index is 0.00000120. The Hall–Kier alpha value is -0.100. The highest BCUT2D eigenvalue weighted by Gasteiger charge is 2.29. The van der Waals surface area contributed by atoms with Gasteiger partial charge in [0.05, 0.1) is 16.4 Å². The molecule has 0 saturated carbocycles. The number of likely N-dealkylation sites (tertiary alicyclic amines) is 1. The van der Waals surface area contributed by atoms with Crippen molar-refractivity contribution >= 4 is 28.3 Å². The maximum atomic E-state index is 4.28. The second-order valence-corrected chi connectivity index (χ2v) is 6.08. The molecule has 0 aliphatic carbocycles. The van der Waals surface area contributed by atoms with E-state index in [9.17, 15) is 0 Å². The fourth-order valence-electron chi connectivity index (χ4n) is 2.98. The summed E-state index contributed by atoms with van der Waals surface area (Å²) in [6.07, 6.45) is 5.88. The lowest BCUT2D eigenvalue weighted by Gasteiger charge is -2.24. The Morgan fingerprint density at radius 1 is 1.39 bits per heavy atom. The molecule has 2 atom stereocenters. The van der Waals surface area contributed by atoms with E-state index in [0.717, 1.165) is 17.1 Å². The van der Waals surface area contributed by atoms with Crippen LogP contribution in [0.2, 0.25) is 0 Å². The van der Waals surface area contributed by atoms with Crippen molar-refractivity contribution in [3.05, 3.63) is 16.4 Å². The maximum Gasteiger partial charge on any atom is 0.0663 e. The monoisotopic (exact) mass is 334 g/mol. The highest BCUT2D eigenvalue weighted by molar-refractivity contribution is 9.10. The summed E-state index contributed by atoms with van der Waals surface area (Å²) in [5, 5.41) is 8.00. The molecular weight excluding hydrogens is 316 g/mol. The Bertz CT molecular complexity index is 389. The van der Waals surface area contributed by atoms with Gasteiger partial charge in [0.15, 0.2) is 0 Å². The average Bonchev–Trinajstić information content (AvgIpc) is 2.78. The van der Waals surface area contributed by atoms with Gasteiger partial charge < -0.3 is 5.32 Å². The number of fused-ring (bicyclic) bond motifs is 2. The molecular formula is C12H20BrClN4. The van der Waals surface area contributed by atoms with E-state index in [1.54, 1.807) is 0 Å².